The molecular formula is C14H21ClF2N2. The fourth-order valence-corrected chi connectivity index (χ4v) is 2.52. The molecule has 0 radical (unpaired) electrons. The molecule has 2 nitrogen and oxygen atoms in total. The molecule has 1 aromatic carbocycles. The van der Waals surface area contributed by atoms with Gasteiger partial charge in [0.25, 0.3) is 0 Å². The normalized spacial score (nSPS) is 16.4. The quantitative estimate of drug-likeness (QED) is 0.917. The summed E-state index contributed by atoms with van der Waals surface area (Å²) in [5.74, 6) is -0.830. The molecule has 1 aliphatic rings. The number of rotatable bonds is 4. The molecule has 1 fully saturated rings. The Morgan fingerprint density at radius 2 is 1.89 bits per heavy atom. The lowest BCUT2D eigenvalue weighted by Gasteiger charge is -2.27. The van der Waals surface area contributed by atoms with Gasteiger partial charge in [0, 0.05) is 13.1 Å². The van der Waals surface area contributed by atoms with E-state index in [2.05, 4.69) is 10.2 Å². The highest BCUT2D eigenvalue weighted by Gasteiger charge is 2.15. The molecule has 0 amide bonds. The van der Waals surface area contributed by atoms with E-state index in [1.807, 2.05) is 7.05 Å². The molecule has 1 heterocycles. The molecule has 19 heavy (non-hydrogen) atoms. The maximum Gasteiger partial charge on any atom is 0.159 e. The van der Waals surface area contributed by atoms with E-state index in [0.29, 0.717) is 12.5 Å². The fourth-order valence-electron chi connectivity index (χ4n) is 2.52. The van der Waals surface area contributed by atoms with E-state index in [1.54, 1.807) is 6.07 Å². The van der Waals surface area contributed by atoms with Crippen LogP contribution >= 0.6 is 12.4 Å². The summed E-state index contributed by atoms with van der Waals surface area (Å²) in [7, 11) is 2.03. The summed E-state index contributed by atoms with van der Waals surface area (Å²) in [4.78, 5) is 2.18. The Morgan fingerprint density at radius 3 is 2.53 bits per heavy atom. The summed E-state index contributed by atoms with van der Waals surface area (Å²) in [6.45, 7) is 3.86. The number of hydrogen-bond acceptors (Lipinski definition) is 2. The Kier molecular flexibility index (Phi) is 6.69. The first-order chi connectivity index (χ1) is 8.65. The first-order valence-corrected chi connectivity index (χ1v) is 6.48. The van der Waals surface area contributed by atoms with Crippen molar-refractivity contribution in [2.75, 3.05) is 26.7 Å². The van der Waals surface area contributed by atoms with Gasteiger partial charge in [-0.15, -0.1) is 12.4 Å². The smallest absolute Gasteiger partial charge is 0.159 e. The molecule has 1 N–H and O–H groups in total. The number of nitrogens with one attached hydrogen (secondary N) is 1. The number of piperidine rings is 1. The zero-order valence-corrected chi connectivity index (χ0v) is 12.0. The molecule has 1 aromatic rings. The van der Waals surface area contributed by atoms with Gasteiger partial charge in [-0.3, -0.25) is 0 Å². The van der Waals surface area contributed by atoms with Crippen molar-refractivity contribution >= 4 is 12.4 Å². The third-order valence-corrected chi connectivity index (χ3v) is 3.47. The molecule has 0 atom stereocenters. The lowest BCUT2D eigenvalue weighted by atomic mass is 9.97. The van der Waals surface area contributed by atoms with Crippen molar-refractivity contribution in [2.24, 2.45) is 5.92 Å². The number of nitrogens with zero attached hydrogens (tertiary/aromatic N) is 1. The lowest BCUT2D eigenvalue weighted by molar-refractivity contribution is 0.234. The summed E-state index contributed by atoms with van der Waals surface area (Å²) in [5.41, 5.74) is 0.824. The van der Waals surface area contributed by atoms with Crippen LogP contribution in [0.15, 0.2) is 18.2 Å². The van der Waals surface area contributed by atoms with Crippen molar-refractivity contribution in [3.05, 3.63) is 35.4 Å². The number of hydrogen-bond donors (Lipinski definition) is 1. The molecular weight excluding hydrogens is 270 g/mol. The first-order valence-electron chi connectivity index (χ1n) is 6.48. The van der Waals surface area contributed by atoms with E-state index >= 15 is 0 Å². The van der Waals surface area contributed by atoms with Crippen LogP contribution in [0.3, 0.4) is 0 Å². The van der Waals surface area contributed by atoms with E-state index < -0.39 is 11.6 Å². The van der Waals surface area contributed by atoms with Crippen molar-refractivity contribution in [1.29, 1.82) is 0 Å². The summed E-state index contributed by atoms with van der Waals surface area (Å²) in [5, 5.41) is 3.34. The second-order valence-electron chi connectivity index (χ2n) is 5.14. The molecule has 0 bridgehead atoms. The fraction of sp³-hybridized carbons (Fsp3) is 0.571. The molecule has 0 aliphatic carbocycles. The van der Waals surface area contributed by atoms with Crippen LogP contribution in [0.1, 0.15) is 18.4 Å². The minimum atomic E-state index is -0.778. The van der Waals surface area contributed by atoms with Crippen LogP contribution in [0.5, 0.6) is 0 Å². The second kappa shape index (κ2) is 7.78. The van der Waals surface area contributed by atoms with Crippen LogP contribution in [-0.4, -0.2) is 31.6 Å². The number of benzene rings is 1. The number of halogens is 3. The Hall–Kier alpha value is -0.710. The predicted molar refractivity (Wildman–Crippen MR) is 75.5 cm³/mol. The third kappa shape index (κ3) is 5.05. The topological polar surface area (TPSA) is 15.3 Å². The van der Waals surface area contributed by atoms with Crippen molar-refractivity contribution in [3.8, 4) is 0 Å². The summed E-state index contributed by atoms with van der Waals surface area (Å²) >= 11 is 0. The molecule has 1 saturated heterocycles. The summed E-state index contributed by atoms with van der Waals surface area (Å²) < 4.78 is 25.9. The van der Waals surface area contributed by atoms with Crippen LogP contribution in [-0.2, 0) is 6.54 Å². The van der Waals surface area contributed by atoms with Gasteiger partial charge in [0.1, 0.15) is 0 Å². The molecule has 108 valence electrons. The van der Waals surface area contributed by atoms with Crippen LogP contribution in [0, 0.1) is 17.6 Å². The Labute approximate surface area is 119 Å². The van der Waals surface area contributed by atoms with Gasteiger partial charge in [-0.2, -0.15) is 0 Å². The van der Waals surface area contributed by atoms with Gasteiger partial charge >= 0.3 is 0 Å². The summed E-state index contributed by atoms with van der Waals surface area (Å²) in [6, 6.07) is 4.13. The standard InChI is InChI=1S/C14H20F2N2.ClH/c1-18(9-11-4-6-17-7-5-11)10-12-2-3-13(15)14(16)8-12;/h2-3,8,11,17H,4-7,9-10H2,1H3;1H. The molecule has 5 heteroatoms. The average molecular weight is 291 g/mol. The second-order valence-corrected chi connectivity index (χ2v) is 5.14. The van der Waals surface area contributed by atoms with Crippen molar-refractivity contribution in [3.63, 3.8) is 0 Å². The van der Waals surface area contributed by atoms with Crippen LogP contribution < -0.4 is 5.32 Å². The average Bonchev–Trinajstić information content (AvgIpc) is 2.35. The maximum atomic E-state index is 13.1. The van der Waals surface area contributed by atoms with Crippen LogP contribution in [0.25, 0.3) is 0 Å². The highest BCUT2D eigenvalue weighted by atomic mass is 35.5. The Balaban J connectivity index is 0.00000180. The van der Waals surface area contributed by atoms with E-state index in [-0.39, 0.29) is 12.4 Å². The largest absolute Gasteiger partial charge is 0.317 e. The minimum absolute atomic E-state index is 0. The minimum Gasteiger partial charge on any atom is -0.317 e. The van der Waals surface area contributed by atoms with Gasteiger partial charge in [-0.25, -0.2) is 8.78 Å². The Morgan fingerprint density at radius 1 is 1.21 bits per heavy atom. The van der Waals surface area contributed by atoms with Crippen LogP contribution in [0.4, 0.5) is 8.78 Å². The third-order valence-electron chi connectivity index (χ3n) is 3.47. The van der Waals surface area contributed by atoms with E-state index in [1.165, 1.54) is 25.0 Å². The zero-order chi connectivity index (χ0) is 13.0. The van der Waals surface area contributed by atoms with E-state index in [0.717, 1.165) is 25.2 Å². The zero-order valence-electron chi connectivity index (χ0n) is 11.2. The molecule has 0 spiro atoms. The van der Waals surface area contributed by atoms with Crippen molar-refractivity contribution in [2.45, 2.75) is 19.4 Å². The van der Waals surface area contributed by atoms with Crippen molar-refractivity contribution in [1.82, 2.24) is 10.2 Å². The van der Waals surface area contributed by atoms with Crippen LogP contribution in [0.2, 0.25) is 0 Å². The predicted octanol–water partition coefficient (Wildman–Crippen LogP) is 2.82. The SMILES string of the molecule is CN(Cc1ccc(F)c(F)c1)CC1CCNCC1.Cl. The highest BCUT2D eigenvalue weighted by molar-refractivity contribution is 5.85. The first kappa shape index (κ1) is 16.3. The highest BCUT2D eigenvalue weighted by Crippen LogP contribution is 2.15. The summed E-state index contributed by atoms with van der Waals surface area (Å²) in [6.07, 6.45) is 2.39. The maximum absolute atomic E-state index is 13.1. The lowest BCUT2D eigenvalue weighted by Crippen LogP contribution is -2.34. The van der Waals surface area contributed by atoms with Gasteiger partial charge in [0.05, 0.1) is 0 Å². The van der Waals surface area contributed by atoms with Gasteiger partial charge in [0.15, 0.2) is 11.6 Å². The van der Waals surface area contributed by atoms with Gasteiger partial charge < -0.3 is 10.2 Å². The van der Waals surface area contributed by atoms with E-state index in [9.17, 15) is 8.78 Å². The molecule has 0 aromatic heterocycles. The molecule has 1 aliphatic heterocycles. The monoisotopic (exact) mass is 290 g/mol. The van der Waals surface area contributed by atoms with Gasteiger partial charge in [-0.1, -0.05) is 6.07 Å². The molecule has 0 unspecified atom stereocenters. The van der Waals surface area contributed by atoms with Gasteiger partial charge in [0.2, 0.25) is 0 Å². The molecule has 2 rings (SSSR count). The Bertz CT molecular complexity index is 395. The van der Waals surface area contributed by atoms with Gasteiger partial charge in [-0.05, 0) is 56.6 Å². The molecule has 0 saturated carbocycles. The van der Waals surface area contributed by atoms with Crippen molar-refractivity contribution < 1.29 is 8.78 Å². The van der Waals surface area contributed by atoms with E-state index in [4.69, 9.17) is 0 Å².